The number of fused-ring (bicyclic) bond motifs is 1. The number of nitro groups is 1. The number of carbonyl (C=O) groups excluding carboxylic acids is 1. The maximum Gasteiger partial charge on any atom is 0.269 e. The fourth-order valence-corrected chi connectivity index (χ4v) is 2.17. The maximum atomic E-state index is 11.7. The molecule has 1 aromatic heterocycles. The number of non-ortho nitro benzene ring substituents is 1. The van der Waals surface area contributed by atoms with E-state index in [2.05, 4.69) is 15.4 Å². The second-order valence-electron chi connectivity index (χ2n) is 4.56. The highest BCUT2D eigenvalue weighted by atomic mass is 16.6. The number of nitrogens with one attached hydrogen (secondary N) is 2. The number of rotatable bonds is 3. The second kappa shape index (κ2) is 5.26. The number of H-pyrrole nitrogens is 1. The zero-order valence-electron chi connectivity index (χ0n) is 11.2. The summed E-state index contributed by atoms with van der Waals surface area (Å²) in [4.78, 5) is 29.4. The van der Waals surface area contributed by atoms with E-state index < -0.39 is 10.8 Å². The summed E-state index contributed by atoms with van der Waals surface area (Å²) in [6.45, 7) is 0. The number of nitrogens with zero attached hydrogens (tertiary/aromatic N) is 2. The predicted molar refractivity (Wildman–Crippen MR) is 79.8 cm³/mol. The molecule has 1 amide bonds. The van der Waals surface area contributed by atoms with Crippen LogP contribution < -0.4 is 11.3 Å². The fraction of sp³-hybridized carbons (Fsp3) is 0. The molecule has 1 heterocycles. The van der Waals surface area contributed by atoms with E-state index in [1.165, 1.54) is 12.1 Å². The number of nitro benzene ring substituents is 1. The first kappa shape index (κ1) is 13.7. The molecular formula is C14H11N5O3. The number of aromatic amines is 1. The van der Waals surface area contributed by atoms with Gasteiger partial charge in [-0.25, -0.2) is 10.8 Å². The minimum absolute atomic E-state index is 0.00283. The highest BCUT2D eigenvalue weighted by Crippen LogP contribution is 2.24. The van der Waals surface area contributed by atoms with Crippen LogP contribution in [0.15, 0.2) is 42.5 Å². The molecule has 8 nitrogen and oxygen atoms in total. The Kier molecular flexibility index (Phi) is 3.28. The summed E-state index contributed by atoms with van der Waals surface area (Å²) in [5.41, 5.74) is 4.27. The van der Waals surface area contributed by atoms with E-state index in [1.54, 1.807) is 30.3 Å². The number of hydrazine groups is 1. The predicted octanol–water partition coefficient (Wildman–Crippen LogP) is 1.74. The molecule has 3 rings (SSSR count). The Morgan fingerprint density at radius 3 is 2.59 bits per heavy atom. The van der Waals surface area contributed by atoms with Gasteiger partial charge in [0.05, 0.1) is 16.0 Å². The molecule has 3 aromatic rings. The number of hydrogen-bond donors (Lipinski definition) is 3. The van der Waals surface area contributed by atoms with Crippen LogP contribution in [0.1, 0.15) is 10.4 Å². The van der Waals surface area contributed by atoms with Gasteiger partial charge in [-0.1, -0.05) is 6.07 Å². The second-order valence-corrected chi connectivity index (χ2v) is 4.56. The van der Waals surface area contributed by atoms with Crippen molar-refractivity contribution in [1.29, 1.82) is 0 Å². The normalized spacial score (nSPS) is 10.6. The van der Waals surface area contributed by atoms with Gasteiger partial charge in [-0.15, -0.1) is 0 Å². The largest absolute Gasteiger partial charge is 0.338 e. The highest BCUT2D eigenvalue weighted by molar-refractivity contribution is 6.05. The lowest BCUT2D eigenvalue weighted by Gasteiger charge is -1.99. The topological polar surface area (TPSA) is 127 Å². The third kappa shape index (κ3) is 2.27. The van der Waals surface area contributed by atoms with Crippen LogP contribution >= 0.6 is 0 Å². The molecule has 0 atom stereocenters. The van der Waals surface area contributed by atoms with Gasteiger partial charge in [-0.2, -0.15) is 0 Å². The number of benzene rings is 2. The number of carbonyl (C=O) groups is 1. The van der Waals surface area contributed by atoms with Crippen molar-refractivity contribution < 1.29 is 9.72 Å². The van der Waals surface area contributed by atoms with Gasteiger partial charge in [-0.05, 0) is 24.3 Å². The van der Waals surface area contributed by atoms with E-state index in [9.17, 15) is 14.9 Å². The molecule has 0 aliphatic heterocycles. The Balaban J connectivity index is 2.08. The van der Waals surface area contributed by atoms with Gasteiger partial charge in [-0.3, -0.25) is 20.3 Å². The lowest BCUT2D eigenvalue weighted by Crippen LogP contribution is -2.30. The molecule has 0 unspecified atom stereocenters. The molecule has 22 heavy (non-hydrogen) atoms. The first-order valence-electron chi connectivity index (χ1n) is 6.34. The van der Waals surface area contributed by atoms with Gasteiger partial charge < -0.3 is 4.98 Å². The Hall–Kier alpha value is -3.26. The van der Waals surface area contributed by atoms with Gasteiger partial charge in [0, 0.05) is 17.7 Å². The number of nitrogens with two attached hydrogens (primary N) is 1. The van der Waals surface area contributed by atoms with Gasteiger partial charge in [0.15, 0.2) is 0 Å². The number of para-hydroxylation sites is 1. The fourth-order valence-electron chi connectivity index (χ4n) is 2.17. The van der Waals surface area contributed by atoms with E-state index in [0.29, 0.717) is 28.0 Å². The average Bonchev–Trinajstić information content (AvgIpc) is 2.98. The average molecular weight is 297 g/mol. The molecule has 0 bridgehead atoms. The quantitative estimate of drug-likeness (QED) is 0.294. The smallest absolute Gasteiger partial charge is 0.269 e. The zero-order chi connectivity index (χ0) is 15.7. The van der Waals surface area contributed by atoms with Gasteiger partial charge in [0.2, 0.25) is 0 Å². The van der Waals surface area contributed by atoms with Crippen molar-refractivity contribution in [2.75, 3.05) is 0 Å². The Morgan fingerprint density at radius 1 is 1.23 bits per heavy atom. The van der Waals surface area contributed by atoms with Crippen molar-refractivity contribution in [3.63, 3.8) is 0 Å². The minimum Gasteiger partial charge on any atom is -0.338 e. The molecule has 8 heteroatoms. The monoisotopic (exact) mass is 297 g/mol. The maximum absolute atomic E-state index is 11.7. The molecule has 4 N–H and O–H groups in total. The van der Waals surface area contributed by atoms with Crippen LogP contribution in [0.4, 0.5) is 5.69 Å². The van der Waals surface area contributed by atoms with Crippen molar-refractivity contribution in [2.24, 2.45) is 5.84 Å². The number of hydrogen-bond acceptors (Lipinski definition) is 5. The van der Waals surface area contributed by atoms with Crippen LogP contribution in [-0.2, 0) is 0 Å². The van der Waals surface area contributed by atoms with Crippen LogP contribution in [-0.4, -0.2) is 20.8 Å². The third-order valence-electron chi connectivity index (χ3n) is 3.24. The van der Waals surface area contributed by atoms with Crippen molar-refractivity contribution in [3.8, 4) is 11.4 Å². The SMILES string of the molecule is NNC(=O)c1cccc2[nH]c(-c3ccc([N+](=O)[O-])cc3)nc12. The van der Waals surface area contributed by atoms with Crippen LogP contribution in [0.25, 0.3) is 22.4 Å². The molecule has 0 saturated heterocycles. The van der Waals surface area contributed by atoms with Gasteiger partial charge >= 0.3 is 0 Å². The van der Waals surface area contributed by atoms with Gasteiger partial charge in [0.25, 0.3) is 11.6 Å². The summed E-state index contributed by atoms with van der Waals surface area (Å²) in [6, 6.07) is 11.1. The van der Waals surface area contributed by atoms with E-state index in [1.807, 2.05) is 0 Å². The molecule has 2 aromatic carbocycles. The van der Waals surface area contributed by atoms with Crippen LogP contribution in [0.3, 0.4) is 0 Å². The lowest BCUT2D eigenvalue weighted by atomic mass is 10.2. The van der Waals surface area contributed by atoms with Crippen molar-refractivity contribution in [2.45, 2.75) is 0 Å². The molecule has 0 aliphatic rings. The Bertz CT molecular complexity index is 870. The number of amides is 1. The summed E-state index contributed by atoms with van der Waals surface area (Å²) in [5, 5.41) is 10.7. The zero-order valence-corrected chi connectivity index (χ0v) is 11.2. The first-order chi connectivity index (χ1) is 10.6. The summed E-state index contributed by atoms with van der Waals surface area (Å²) >= 11 is 0. The van der Waals surface area contributed by atoms with Crippen LogP contribution in [0.5, 0.6) is 0 Å². The molecule has 0 spiro atoms. The van der Waals surface area contributed by atoms with Crippen LogP contribution in [0, 0.1) is 10.1 Å². The summed E-state index contributed by atoms with van der Waals surface area (Å²) in [7, 11) is 0. The lowest BCUT2D eigenvalue weighted by molar-refractivity contribution is -0.384. The highest BCUT2D eigenvalue weighted by Gasteiger charge is 2.14. The summed E-state index contributed by atoms with van der Waals surface area (Å²) in [5.74, 6) is 5.23. The van der Waals surface area contributed by atoms with Crippen LogP contribution in [0.2, 0.25) is 0 Å². The molecule has 0 saturated carbocycles. The molecule has 0 fully saturated rings. The minimum atomic E-state index is -0.466. The standard InChI is InChI=1S/C14H11N5O3/c15-18-14(20)10-2-1-3-11-12(10)17-13(16-11)8-4-6-9(7-5-8)19(21)22/h1-7H,15H2,(H,16,17)(H,18,20). The third-order valence-corrected chi connectivity index (χ3v) is 3.24. The summed E-state index contributed by atoms with van der Waals surface area (Å²) < 4.78 is 0. The van der Waals surface area contributed by atoms with Gasteiger partial charge in [0.1, 0.15) is 11.3 Å². The van der Waals surface area contributed by atoms with E-state index >= 15 is 0 Å². The van der Waals surface area contributed by atoms with E-state index in [4.69, 9.17) is 5.84 Å². The molecular weight excluding hydrogens is 286 g/mol. The first-order valence-corrected chi connectivity index (χ1v) is 6.34. The van der Waals surface area contributed by atoms with E-state index in [-0.39, 0.29) is 5.69 Å². The Morgan fingerprint density at radius 2 is 1.95 bits per heavy atom. The number of aromatic nitrogens is 2. The Labute approximate surface area is 124 Å². The van der Waals surface area contributed by atoms with Crippen molar-refractivity contribution in [1.82, 2.24) is 15.4 Å². The molecule has 110 valence electrons. The van der Waals surface area contributed by atoms with Crippen molar-refractivity contribution in [3.05, 3.63) is 58.1 Å². The van der Waals surface area contributed by atoms with E-state index in [0.717, 1.165) is 0 Å². The molecule has 0 aliphatic carbocycles. The number of imidazole rings is 1. The van der Waals surface area contributed by atoms with Crippen molar-refractivity contribution >= 4 is 22.6 Å². The number of nitrogen functional groups attached to an aromatic ring is 1. The summed E-state index contributed by atoms with van der Waals surface area (Å²) in [6.07, 6.45) is 0. The molecule has 0 radical (unpaired) electrons.